The Labute approximate surface area is 120 Å². The summed E-state index contributed by atoms with van der Waals surface area (Å²) < 4.78 is 2.69. The lowest BCUT2D eigenvalue weighted by molar-refractivity contribution is 0.0990. The van der Waals surface area contributed by atoms with Gasteiger partial charge in [-0.05, 0) is 46.6 Å². The lowest BCUT2D eigenvalue weighted by atomic mass is 10.1. The Morgan fingerprint density at radius 3 is 2.53 bits per heavy atom. The zero-order valence-electron chi connectivity index (χ0n) is 11.0. The number of halogens is 1. The van der Waals surface area contributed by atoms with E-state index >= 15 is 0 Å². The van der Waals surface area contributed by atoms with Crippen molar-refractivity contribution in [1.29, 1.82) is 0 Å². The Morgan fingerprint density at radius 2 is 2.00 bits per heavy atom. The van der Waals surface area contributed by atoms with Gasteiger partial charge in [-0.25, -0.2) is 0 Å². The first-order valence-electron chi connectivity index (χ1n) is 6.12. The number of nitrogens with zero attached hydrogens (tertiary/aromatic N) is 2. The van der Waals surface area contributed by atoms with Crippen LogP contribution in [0.2, 0.25) is 0 Å². The number of aryl methyl sites for hydroxylation is 2. The third-order valence-electron chi connectivity index (χ3n) is 3.06. The molecule has 0 saturated carbocycles. The summed E-state index contributed by atoms with van der Waals surface area (Å²) in [4.78, 5) is 12.2. The molecule has 1 heterocycles. The number of aromatic nitrogens is 2. The van der Waals surface area contributed by atoms with E-state index in [0.29, 0.717) is 17.7 Å². The fourth-order valence-corrected chi connectivity index (χ4v) is 2.69. The van der Waals surface area contributed by atoms with E-state index < -0.39 is 0 Å². The molecule has 0 aliphatic carbocycles. The molecule has 0 aliphatic rings. The van der Waals surface area contributed by atoms with Crippen LogP contribution in [0.5, 0.6) is 0 Å². The molecular weight excluding hydrogens is 306 g/mol. The number of ketones is 1. The minimum absolute atomic E-state index is 0.0614. The van der Waals surface area contributed by atoms with Gasteiger partial charge in [0.25, 0.3) is 0 Å². The predicted octanol–water partition coefficient (Wildman–Crippen LogP) is 2.75. The minimum Gasteiger partial charge on any atom is -0.399 e. The first kappa shape index (κ1) is 13.8. The Morgan fingerprint density at radius 1 is 1.37 bits per heavy atom. The van der Waals surface area contributed by atoms with Crippen molar-refractivity contribution < 1.29 is 4.79 Å². The van der Waals surface area contributed by atoms with E-state index in [1.807, 2.05) is 14.0 Å². The first-order chi connectivity index (χ1) is 9.02. The van der Waals surface area contributed by atoms with Crippen LogP contribution in [0.3, 0.4) is 0 Å². The Hall–Kier alpha value is -1.62. The number of benzene rings is 1. The van der Waals surface area contributed by atoms with Crippen LogP contribution in [0.15, 0.2) is 28.7 Å². The number of anilines is 1. The van der Waals surface area contributed by atoms with Crippen LogP contribution in [0.1, 0.15) is 28.7 Å². The Balaban J connectivity index is 2.24. The minimum atomic E-state index is 0.0614. The lowest BCUT2D eigenvalue weighted by Gasteiger charge is -2.03. The van der Waals surface area contributed by atoms with Crippen LogP contribution >= 0.6 is 15.9 Å². The second-order valence-electron chi connectivity index (χ2n) is 4.41. The van der Waals surface area contributed by atoms with E-state index in [4.69, 9.17) is 5.73 Å². The van der Waals surface area contributed by atoms with E-state index in [-0.39, 0.29) is 5.78 Å². The van der Waals surface area contributed by atoms with Gasteiger partial charge in [0, 0.05) is 18.3 Å². The summed E-state index contributed by atoms with van der Waals surface area (Å²) in [6.45, 7) is 2.04. The Bertz CT molecular complexity index is 602. The molecule has 0 atom stereocenters. The number of carbonyl (C=O) groups excluding carboxylic acids is 1. The van der Waals surface area contributed by atoms with Gasteiger partial charge in [0.2, 0.25) is 0 Å². The topological polar surface area (TPSA) is 60.9 Å². The summed E-state index contributed by atoms with van der Waals surface area (Å²) in [5, 5.41) is 4.39. The molecule has 4 nitrogen and oxygen atoms in total. The van der Waals surface area contributed by atoms with Crippen molar-refractivity contribution in [3.8, 4) is 0 Å². The molecule has 2 N–H and O–H groups in total. The van der Waals surface area contributed by atoms with Crippen molar-refractivity contribution >= 4 is 27.4 Å². The van der Waals surface area contributed by atoms with Crippen LogP contribution in [0, 0.1) is 0 Å². The summed E-state index contributed by atoms with van der Waals surface area (Å²) in [5.74, 6) is 0.0614. The van der Waals surface area contributed by atoms with Gasteiger partial charge < -0.3 is 5.73 Å². The molecule has 1 aromatic heterocycles. The molecule has 0 radical (unpaired) electrons. The fraction of sp³-hybridized carbons (Fsp3) is 0.286. The second-order valence-corrected chi connectivity index (χ2v) is 5.20. The van der Waals surface area contributed by atoms with Crippen molar-refractivity contribution in [3.63, 3.8) is 0 Å². The van der Waals surface area contributed by atoms with Gasteiger partial charge >= 0.3 is 0 Å². The number of nitrogen functional groups attached to an aromatic ring is 1. The highest BCUT2D eigenvalue weighted by molar-refractivity contribution is 9.10. The van der Waals surface area contributed by atoms with E-state index in [9.17, 15) is 4.79 Å². The molecule has 100 valence electrons. The average molecular weight is 322 g/mol. The zero-order valence-corrected chi connectivity index (χ0v) is 12.6. The van der Waals surface area contributed by atoms with Crippen LogP contribution in [-0.4, -0.2) is 15.6 Å². The molecule has 1 aromatic carbocycles. The smallest absolute Gasteiger partial charge is 0.168 e. The zero-order chi connectivity index (χ0) is 14.0. The number of hydrogen-bond donors (Lipinski definition) is 1. The van der Waals surface area contributed by atoms with Crippen LogP contribution in [-0.2, 0) is 19.9 Å². The third-order valence-corrected chi connectivity index (χ3v) is 3.98. The molecular formula is C14H16BrN3O. The van der Waals surface area contributed by atoms with Crippen LogP contribution in [0.4, 0.5) is 5.69 Å². The van der Waals surface area contributed by atoms with E-state index in [1.54, 1.807) is 28.9 Å². The molecule has 19 heavy (non-hydrogen) atoms. The molecule has 0 amide bonds. The second kappa shape index (κ2) is 5.57. The van der Waals surface area contributed by atoms with E-state index in [2.05, 4.69) is 21.0 Å². The molecule has 2 rings (SSSR count). The van der Waals surface area contributed by atoms with Crippen molar-refractivity contribution in [3.05, 3.63) is 45.7 Å². The van der Waals surface area contributed by atoms with E-state index in [1.165, 1.54) is 0 Å². The van der Waals surface area contributed by atoms with Gasteiger partial charge in [-0.2, -0.15) is 5.10 Å². The summed E-state index contributed by atoms with van der Waals surface area (Å²) in [6.07, 6.45) is 1.17. The summed E-state index contributed by atoms with van der Waals surface area (Å²) in [5.41, 5.74) is 8.82. The molecule has 0 bridgehead atoms. The van der Waals surface area contributed by atoms with Gasteiger partial charge in [-0.3, -0.25) is 9.48 Å². The normalized spacial score (nSPS) is 10.7. The quantitative estimate of drug-likeness (QED) is 0.695. The van der Waals surface area contributed by atoms with Crippen molar-refractivity contribution in [2.24, 2.45) is 7.05 Å². The lowest BCUT2D eigenvalue weighted by Crippen LogP contribution is -2.08. The third kappa shape index (κ3) is 2.87. The largest absolute Gasteiger partial charge is 0.399 e. The maximum Gasteiger partial charge on any atom is 0.168 e. The molecule has 0 unspecified atom stereocenters. The van der Waals surface area contributed by atoms with Gasteiger partial charge in [0.15, 0.2) is 5.78 Å². The first-order valence-corrected chi connectivity index (χ1v) is 6.91. The number of hydrogen-bond acceptors (Lipinski definition) is 3. The molecule has 0 saturated heterocycles. The summed E-state index contributed by atoms with van der Waals surface area (Å²) in [7, 11) is 1.86. The number of rotatable bonds is 4. The highest BCUT2D eigenvalue weighted by atomic mass is 79.9. The van der Waals surface area contributed by atoms with Gasteiger partial charge in [0.1, 0.15) is 0 Å². The summed E-state index contributed by atoms with van der Waals surface area (Å²) >= 11 is 3.52. The van der Waals surface area contributed by atoms with Gasteiger partial charge in [-0.15, -0.1) is 0 Å². The number of Topliss-reactive ketones (excluding diaryl/α,β-unsaturated/α-hetero) is 1. The maximum atomic E-state index is 12.2. The van der Waals surface area contributed by atoms with Gasteiger partial charge in [-0.1, -0.05) is 6.92 Å². The predicted molar refractivity (Wildman–Crippen MR) is 79.2 cm³/mol. The van der Waals surface area contributed by atoms with Crippen molar-refractivity contribution in [2.45, 2.75) is 19.8 Å². The number of carbonyl (C=O) groups is 1. The van der Waals surface area contributed by atoms with Crippen LogP contribution in [0.25, 0.3) is 0 Å². The summed E-state index contributed by atoms with van der Waals surface area (Å²) in [6, 6.07) is 6.98. The molecule has 0 spiro atoms. The van der Waals surface area contributed by atoms with Crippen molar-refractivity contribution in [1.82, 2.24) is 9.78 Å². The molecule has 0 fully saturated rings. The monoisotopic (exact) mass is 321 g/mol. The van der Waals surface area contributed by atoms with E-state index in [0.717, 1.165) is 22.3 Å². The Kier molecular flexibility index (Phi) is 4.04. The standard InChI is InChI=1S/C14H16BrN3O/c1-3-11-14(15)12(18(2)17-11)8-13(19)9-4-6-10(16)7-5-9/h4-7H,3,8,16H2,1-2H3. The number of nitrogens with two attached hydrogens (primary N) is 1. The van der Waals surface area contributed by atoms with Crippen LogP contribution < -0.4 is 5.73 Å². The molecule has 5 heteroatoms. The SMILES string of the molecule is CCc1nn(C)c(CC(=O)c2ccc(N)cc2)c1Br. The maximum absolute atomic E-state index is 12.2. The highest BCUT2D eigenvalue weighted by Crippen LogP contribution is 2.23. The highest BCUT2D eigenvalue weighted by Gasteiger charge is 2.16. The van der Waals surface area contributed by atoms with Gasteiger partial charge in [0.05, 0.1) is 22.3 Å². The molecule has 2 aromatic rings. The molecule has 0 aliphatic heterocycles. The van der Waals surface area contributed by atoms with Crippen molar-refractivity contribution in [2.75, 3.05) is 5.73 Å². The average Bonchev–Trinajstić information content (AvgIpc) is 2.67. The fourth-order valence-electron chi connectivity index (χ4n) is 1.94.